The van der Waals surface area contributed by atoms with Crippen LogP contribution in [0.4, 0.5) is 0 Å². The van der Waals surface area contributed by atoms with Gasteiger partial charge in [0.05, 0.1) is 7.11 Å². The van der Waals surface area contributed by atoms with Gasteiger partial charge in [0.25, 0.3) is 0 Å². The van der Waals surface area contributed by atoms with Crippen LogP contribution in [0.1, 0.15) is 29.2 Å². The number of nitrogens with one attached hydrogen (secondary N) is 1. The van der Waals surface area contributed by atoms with Gasteiger partial charge in [-0.3, -0.25) is 0 Å². The topological polar surface area (TPSA) is 21.3 Å². The van der Waals surface area contributed by atoms with Crippen LogP contribution in [-0.4, -0.2) is 14.2 Å². The molecular weight excluding hydrogens is 326 g/mol. The molecule has 3 heteroatoms. The molecule has 1 unspecified atom stereocenters. The predicted octanol–water partition coefficient (Wildman–Crippen LogP) is 4.66. The van der Waals surface area contributed by atoms with Gasteiger partial charge in [-0.2, -0.15) is 0 Å². The third kappa shape index (κ3) is 4.58. The minimum absolute atomic E-state index is 0.364. The lowest BCUT2D eigenvalue weighted by Crippen LogP contribution is -2.17. The number of ether oxygens (including phenoxy) is 1. The number of halogens is 1. The summed E-state index contributed by atoms with van der Waals surface area (Å²) in [7, 11) is 3.72. The lowest BCUT2D eigenvalue weighted by molar-refractivity contribution is 0.414. The van der Waals surface area contributed by atoms with E-state index in [2.05, 4.69) is 58.5 Å². The van der Waals surface area contributed by atoms with Gasteiger partial charge in [-0.15, -0.1) is 0 Å². The van der Waals surface area contributed by atoms with Gasteiger partial charge in [0, 0.05) is 10.5 Å². The first-order valence-corrected chi connectivity index (χ1v) is 7.99. The number of aryl methyl sites for hydroxylation is 2. The van der Waals surface area contributed by atoms with E-state index in [0.29, 0.717) is 6.04 Å². The number of hydrogen-bond acceptors (Lipinski definition) is 2. The van der Waals surface area contributed by atoms with Crippen LogP contribution >= 0.6 is 15.9 Å². The van der Waals surface area contributed by atoms with Crippen molar-refractivity contribution in [3.8, 4) is 5.75 Å². The standard InChI is InChI=1S/C18H22BrNO/c1-13-10-15(12-16(19)11-13)18(20-2)9-6-14-4-7-17(21-3)8-5-14/h4-5,7-8,10-12,18,20H,6,9H2,1-3H3. The summed E-state index contributed by atoms with van der Waals surface area (Å²) in [6.07, 6.45) is 2.11. The number of rotatable bonds is 6. The first-order chi connectivity index (χ1) is 10.1. The quantitative estimate of drug-likeness (QED) is 0.820. The van der Waals surface area contributed by atoms with Crippen LogP contribution in [0, 0.1) is 6.92 Å². The lowest BCUT2D eigenvalue weighted by Gasteiger charge is -2.18. The maximum atomic E-state index is 5.19. The van der Waals surface area contributed by atoms with E-state index in [1.165, 1.54) is 16.7 Å². The third-order valence-electron chi connectivity index (χ3n) is 3.70. The first kappa shape index (κ1) is 16.1. The fourth-order valence-corrected chi connectivity index (χ4v) is 3.17. The average molecular weight is 348 g/mol. The van der Waals surface area contributed by atoms with Gasteiger partial charge in [-0.05, 0) is 67.8 Å². The van der Waals surface area contributed by atoms with Crippen molar-refractivity contribution in [3.63, 3.8) is 0 Å². The highest BCUT2D eigenvalue weighted by Gasteiger charge is 2.10. The Balaban J connectivity index is 2.04. The van der Waals surface area contributed by atoms with E-state index in [4.69, 9.17) is 4.74 Å². The average Bonchev–Trinajstić information content (AvgIpc) is 2.47. The summed E-state index contributed by atoms with van der Waals surface area (Å²) in [5.74, 6) is 0.909. The highest BCUT2D eigenvalue weighted by molar-refractivity contribution is 9.10. The molecule has 2 aromatic carbocycles. The molecular formula is C18H22BrNO. The Labute approximate surface area is 135 Å². The molecule has 0 bridgehead atoms. The molecule has 0 aliphatic heterocycles. The van der Waals surface area contributed by atoms with Crippen LogP contribution < -0.4 is 10.1 Å². The largest absolute Gasteiger partial charge is 0.497 e. The van der Waals surface area contributed by atoms with Gasteiger partial charge in [-0.25, -0.2) is 0 Å². The van der Waals surface area contributed by atoms with Crippen molar-refractivity contribution in [2.24, 2.45) is 0 Å². The monoisotopic (exact) mass is 347 g/mol. The van der Waals surface area contributed by atoms with E-state index in [9.17, 15) is 0 Å². The van der Waals surface area contributed by atoms with Crippen molar-refractivity contribution < 1.29 is 4.74 Å². The van der Waals surface area contributed by atoms with Crippen molar-refractivity contribution in [3.05, 3.63) is 63.6 Å². The molecule has 1 atom stereocenters. The summed E-state index contributed by atoms with van der Waals surface area (Å²) in [6.45, 7) is 2.13. The van der Waals surface area contributed by atoms with Crippen molar-refractivity contribution in [2.75, 3.05) is 14.2 Å². The first-order valence-electron chi connectivity index (χ1n) is 7.19. The molecule has 0 aromatic heterocycles. The molecule has 21 heavy (non-hydrogen) atoms. The second-order valence-corrected chi connectivity index (χ2v) is 6.21. The number of hydrogen-bond donors (Lipinski definition) is 1. The molecule has 0 saturated carbocycles. The molecule has 0 aliphatic rings. The second kappa shape index (κ2) is 7.62. The summed E-state index contributed by atoms with van der Waals surface area (Å²) in [5, 5.41) is 3.42. The summed E-state index contributed by atoms with van der Waals surface area (Å²) in [5.41, 5.74) is 3.95. The smallest absolute Gasteiger partial charge is 0.118 e. The van der Waals surface area contributed by atoms with E-state index >= 15 is 0 Å². The van der Waals surface area contributed by atoms with Crippen LogP contribution in [0.3, 0.4) is 0 Å². The predicted molar refractivity (Wildman–Crippen MR) is 92.0 cm³/mol. The molecule has 0 amide bonds. The van der Waals surface area contributed by atoms with Gasteiger partial charge in [0.15, 0.2) is 0 Å². The molecule has 0 fully saturated rings. The molecule has 0 aliphatic carbocycles. The Bertz CT molecular complexity index is 560. The van der Waals surface area contributed by atoms with Crippen LogP contribution in [0.5, 0.6) is 5.75 Å². The summed E-state index contributed by atoms with van der Waals surface area (Å²) in [6, 6.07) is 15.3. The fourth-order valence-electron chi connectivity index (χ4n) is 2.55. The summed E-state index contributed by atoms with van der Waals surface area (Å²) < 4.78 is 6.33. The summed E-state index contributed by atoms with van der Waals surface area (Å²) in [4.78, 5) is 0. The minimum atomic E-state index is 0.364. The molecule has 2 aromatic rings. The van der Waals surface area contributed by atoms with Crippen LogP contribution in [-0.2, 0) is 6.42 Å². The third-order valence-corrected chi connectivity index (χ3v) is 4.15. The van der Waals surface area contributed by atoms with Gasteiger partial charge < -0.3 is 10.1 Å². The van der Waals surface area contributed by atoms with E-state index in [1.54, 1.807) is 7.11 Å². The van der Waals surface area contributed by atoms with Crippen molar-refractivity contribution >= 4 is 15.9 Å². The molecule has 0 heterocycles. The zero-order chi connectivity index (χ0) is 15.2. The van der Waals surface area contributed by atoms with Gasteiger partial charge in [-0.1, -0.05) is 34.1 Å². The Kier molecular flexibility index (Phi) is 5.83. The summed E-state index contributed by atoms with van der Waals surface area (Å²) >= 11 is 3.58. The van der Waals surface area contributed by atoms with E-state index in [1.807, 2.05) is 19.2 Å². The van der Waals surface area contributed by atoms with E-state index in [-0.39, 0.29) is 0 Å². The second-order valence-electron chi connectivity index (χ2n) is 5.29. The maximum Gasteiger partial charge on any atom is 0.118 e. The zero-order valence-electron chi connectivity index (χ0n) is 12.8. The van der Waals surface area contributed by atoms with E-state index < -0.39 is 0 Å². The molecule has 112 valence electrons. The van der Waals surface area contributed by atoms with Crippen LogP contribution in [0.25, 0.3) is 0 Å². The normalized spacial score (nSPS) is 12.2. The van der Waals surface area contributed by atoms with Crippen LogP contribution in [0.15, 0.2) is 46.9 Å². The minimum Gasteiger partial charge on any atom is -0.497 e. The molecule has 1 N–H and O–H groups in total. The fraction of sp³-hybridized carbons (Fsp3) is 0.333. The number of methoxy groups -OCH3 is 1. The lowest BCUT2D eigenvalue weighted by atomic mass is 9.98. The van der Waals surface area contributed by atoms with Crippen molar-refractivity contribution in [1.82, 2.24) is 5.32 Å². The van der Waals surface area contributed by atoms with Crippen molar-refractivity contribution in [1.29, 1.82) is 0 Å². The van der Waals surface area contributed by atoms with E-state index in [0.717, 1.165) is 23.1 Å². The zero-order valence-corrected chi connectivity index (χ0v) is 14.4. The Morgan fingerprint density at radius 2 is 1.86 bits per heavy atom. The molecule has 0 saturated heterocycles. The Hall–Kier alpha value is -1.32. The Morgan fingerprint density at radius 1 is 1.14 bits per heavy atom. The molecule has 2 nitrogen and oxygen atoms in total. The SMILES string of the molecule is CNC(CCc1ccc(OC)cc1)c1cc(C)cc(Br)c1. The van der Waals surface area contributed by atoms with Crippen molar-refractivity contribution in [2.45, 2.75) is 25.8 Å². The highest BCUT2D eigenvalue weighted by Crippen LogP contribution is 2.24. The van der Waals surface area contributed by atoms with Gasteiger partial charge in [0.2, 0.25) is 0 Å². The molecule has 0 radical (unpaired) electrons. The maximum absolute atomic E-state index is 5.19. The van der Waals surface area contributed by atoms with Crippen LogP contribution in [0.2, 0.25) is 0 Å². The molecule has 2 rings (SSSR count). The number of benzene rings is 2. The Morgan fingerprint density at radius 3 is 2.43 bits per heavy atom. The van der Waals surface area contributed by atoms with Gasteiger partial charge in [0.1, 0.15) is 5.75 Å². The highest BCUT2D eigenvalue weighted by atomic mass is 79.9. The molecule has 0 spiro atoms. The van der Waals surface area contributed by atoms with Gasteiger partial charge >= 0.3 is 0 Å².